The third-order valence-corrected chi connectivity index (χ3v) is 2.68. The number of thiol groups is 3. The number of carboxylic acids is 3. The number of rotatable bonds is 6. The second-order valence-corrected chi connectivity index (χ2v) is 4.42. The topological polar surface area (TPSA) is 198 Å². The summed E-state index contributed by atoms with van der Waals surface area (Å²) >= 11 is 10.8. The molecule has 0 aliphatic carbocycles. The van der Waals surface area contributed by atoms with Gasteiger partial charge in [0, 0.05) is 17.3 Å². The predicted octanol–water partition coefficient (Wildman–Crippen LogP) is -6.40. The minimum absolute atomic E-state index is 0. The van der Waals surface area contributed by atoms with E-state index in [2.05, 4.69) is 37.9 Å². The Hall–Kier alpha value is -0.128. The molecular weight excluding hydrogens is 369 g/mol. The van der Waals surface area contributed by atoms with Gasteiger partial charge in [0.15, 0.2) is 0 Å². The predicted molar refractivity (Wildman–Crippen MR) is 86.3 cm³/mol. The van der Waals surface area contributed by atoms with E-state index in [4.69, 9.17) is 17.2 Å². The molecule has 0 amide bonds. The summed E-state index contributed by atoms with van der Waals surface area (Å²) < 4.78 is 0. The molecule has 3 unspecified atom stereocenters. The van der Waals surface area contributed by atoms with Gasteiger partial charge in [0.2, 0.25) is 0 Å². The molecule has 0 radical (unpaired) electrons. The Bertz CT molecular complexity index is 279. The largest absolute Gasteiger partial charge is 3.00 e. The smallest absolute Gasteiger partial charge is 0.548 e. The van der Waals surface area contributed by atoms with Gasteiger partial charge in [0.05, 0.1) is 36.0 Å². The average Bonchev–Trinajstić information content (AvgIpc) is 2.45. The van der Waals surface area contributed by atoms with Crippen molar-refractivity contribution in [3.05, 3.63) is 0 Å². The summed E-state index contributed by atoms with van der Waals surface area (Å²) in [6, 6.07) is -2.78. The quantitative estimate of drug-likeness (QED) is 0.189. The van der Waals surface area contributed by atoms with E-state index < -0.39 is 36.0 Å². The average molecular weight is 387 g/mol. The van der Waals surface area contributed by atoms with Gasteiger partial charge in [-0.05, 0) is 0 Å². The molecule has 0 rings (SSSR count). The molecule has 0 aromatic rings. The van der Waals surface area contributed by atoms with Crippen molar-refractivity contribution in [1.82, 2.24) is 0 Å². The van der Waals surface area contributed by atoms with Crippen LogP contribution in [0.25, 0.3) is 0 Å². The number of carboxylic acid groups (broad SMARTS) is 3. The van der Waals surface area contributed by atoms with E-state index in [1.807, 2.05) is 0 Å². The third-order valence-electron chi connectivity index (χ3n) is 1.50. The van der Waals surface area contributed by atoms with Crippen LogP contribution in [0.2, 0.25) is 0 Å². The molecule has 6 N–H and O–H groups in total. The van der Waals surface area contributed by atoms with Crippen molar-refractivity contribution in [1.29, 1.82) is 0 Å². The van der Waals surface area contributed by atoms with Crippen LogP contribution in [0.4, 0.5) is 0 Å². The number of carbonyl (C=O) groups is 3. The second kappa shape index (κ2) is 18.9. The van der Waals surface area contributed by atoms with E-state index in [0.717, 1.165) is 0 Å². The number of hydrogen-bond acceptors (Lipinski definition) is 12. The molecule has 22 heavy (non-hydrogen) atoms. The van der Waals surface area contributed by atoms with Crippen LogP contribution in [-0.2, 0) is 14.4 Å². The Kier molecular flexibility index (Phi) is 25.7. The standard InChI is InChI=1S/3C3H7NO2S.Al/c3*4-2(1-7)3(5)6;/h3*2,7H,1,4H2,(H,5,6);/q;;;+3/p-3. The van der Waals surface area contributed by atoms with Crippen molar-refractivity contribution < 1.29 is 29.7 Å². The molecule has 0 fully saturated rings. The van der Waals surface area contributed by atoms with Gasteiger partial charge in [0.1, 0.15) is 0 Å². The monoisotopic (exact) mass is 387 g/mol. The van der Waals surface area contributed by atoms with E-state index in [0.29, 0.717) is 0 Å². The summed E-state index contributed by atoms with van der Waals surface area (Å²) in [4.78, 5) is 28.9. The van der Waals surface area contributed by atoms with Gasteiger partial charge in [-0.2, -0.15) is 37.9 Å². The van der Waals surface area contributed by atoms with Gasteiger partial charge in [-0.3, -0.25) is 0 Å². The fourth-order valence-electron chi connectivity index (χ4n) is 0.224. The van der Waals surface area contributed by atoms with Crippen molar-refractivity contribution in [2.75, 3.05) is 17.3 Å². The van der Waals surface area contributed by atoms with Crippen LogP contribution in [0.1, 0.15) is 0 Å². The maximum Gasteiger partial charge on any atom is 3.00 e. The van der Waals surface area contributed by atoms with Gasteiger partial charge in [0.25, 0.3) is 0 Å². The van der Waals surface area contributed by atoms with Crippen LogP contribution in [-0.4, -0.2) is 70.7 Å². The molecule has 126 valence electrons. The van der Waals surface area contributed by atoms with E-state index in [1.165, 1.54) is 0 Å². The van der Waals surface area contributed by atoms with Crippen molar-refractivity contribution in [3.8, 4) is 0 Å². The fourth-order valence-corrected chi connectivity index (χ4v) is 0.671. The van der Waals surface area contributed by atoms with E-state index >= 15 is 0 Å². The first-order valence-electron chi connectivity index (χ1n) is 5.26. The van der Waals surface area contributed by atoms with Crippen LogP contribution < -0.4 is 32.5 Å². The zero-order valence-corrected chi connectivity index (χ0v) is 15.3. The molecule has 0 saturated heterocycles. The normalized spacial score (nSPS) is 12.8. The number of hydrogen-bond donors (Lipinski definition) is 6. The van der Waals surface area contributed by atoms with Crippen LogP contribution in [0.15, 0.2) is 0 Å². The molecule has 0 heterocycles. The van der Waals surface area contributed by atoms with Gasteiger partial charge >= 0.3 is 17.4 Å². The first-order chi connectivity index (χ1) is 9.54. The fraction of sp³-hybridized carbons (Fsp3) is 0.667. The summed E-state index contributed by atoms with van der Waals surface area (Å²) in [5, 5.41) is 28.9. The molecule has 0 aliphatic heterocycles. The van der Waals surface area contributed by atoms with E-state index in [-0.39, 0.29) is 34.6 Å². The Morgan fingerprint density at radius 1 is 0.682 bits per heavy atom. The third kappa shape index (κ3) is 22.2. The Morgan fingerprint density at radius 2 is 0.818 bits per heavy atom. The van der Waals surface area contributed by atoms with Crippen molar-refractivity contribution >= 4 is 73.2 Å². The summed E-state index contributed by atoms with van der Waals surface area (Å²) in [7, 11) is 0. The molecule has 0 aliphatic rings. The van der Waals surface area contributed by atoms with Crippen molar-refractivity contribution in [2.45, 2.75) is 18.1 Å². The Labute approximate surface area is 155 Å². The maximum atomic E-state index is 9.65. The van der Waals surface area contributed by atoms with Gasteiger partial charge in [-0.25, -0.2) is 0 Å². The summed E-state index contributed by atoms with van der Waals surface area (Å²) in [5.41, 5.74) is 14.6. The molecule has 0 aromatic heterocycles. The Morgan fingerprint density at radius 3 is 0.818 bits per heavy atom. The zero-order chi connectivity index (χ0) is 17.6. The molecule has 9 nitrogen and oxygen atoms in total. The van der Waals surface area contributed by atoms with Gasteiger partial charge in [-0.1, -0.05) is 0 Å². The van der Waals surface area contributed by atoms with Crippen LogP contribution in [0, 0.1) is 0 Å². The number of carbonyl (C=O) groups excluding carboxylic acids is 3. The summed E-state index contributed by atoms with van der Waals surface area (Å²) in [5.74, 6) is -3.38. The molecule has 0 bridgehead atoms. The van der Waals surface area contributed by atoms with Crippen molar-refractivity contribution in [3.63, 3.8) is 0 Å². The number of nitrogens with two attached hydrogens (primary N) is 3. The molecule has 0 spiro atoms. The summed E-state index contributed by atoms with van der Waals surface area (Å²) in [6.45, 7) is 0. The maximum absolute atomic E-state index is 9.65. The zero-order valence-electron chi connectivity index (χ0n) is 11.5. The SMILES string of the molecule is NC(CS)C(=O)[O-].NC(CS)C(=O)[O-].NC(CS)C(=O)[O-].[Al+3]. The molecular formula is C9H18AlN3O6S3. The van der Waals surface area contributed by atoms with Gasteiger partial charge in [-0.15, -0.1) is 0 Å². The van der Waals surface area contributed by atoms with Crippen LogP contribution in [0.3, 0.4) is 0 Å². The second-order valence-electron chi connectivity index (χ2n) is 3.32. The van der Waals surface area contributed by atoms with Crippen LogP contribution in [0.5, 0.6) is 0 Å². The van der Waals surface area contributed by atoms with Crippen LogP contribution >= 0.6 is 37.9 Å². The van der Waals surface area contributed by atoms with E-state index in [9.17, 15) is 29.7 Å². The molecule has 3 atom stereocenters. The number of aliphatic carboxylic acids is 3. The molecule has 0 aromatic carbocycles. The van der Waals surface area contributed by atoms with Crippen molar-refractivity contribution in [2.24, 2.45) is 17.2 Å². The molecule has 0 saturated carbocycles. The summed E-state index contributed by atoms with van der Waals surface area (Å²) in [6.07, 6.45) is 0. The Balaban J connectivity index is -0.000000108. The van der Waals surface area contributed by atoms with Gasteiger partial charge < -0.3 is 46.9 Å². The minimum Gasteiger partial charge on any atom is -0.548 e. The molecule has 13 heteroatoms. The first kappa shape index (κ1) is 29.8. The van der Waals surface area contributed by atoms with E-state index in [1.54, 1.807) is 0 Å². The first-order valence-corrected chi connectivity index (χ1v) is 7.16. The minimum atomic E-state index is -1.25.